The van der Waals surface area contributed by atoms with Crippen molar-refractivity contribution in [3.8, 4) is 0 Å². The highest BCUT2D eigenvalue weighted by Crippen LogP contribution is 2.41. The Hall–Kier alpha value is -3.71. The van der Waals surface area contributed by atoms with Crippen LogP contribution in [0.1, 0.15) is 50.0 Å². The van der Waals surface area contributed by atoms with Crippen LogP contribution < -0.4 is 9.80 Å². The van der Waals surface area contributed by atoms with Gasteiger partial charge in [0.25, 0.3) is 5.91 Å². The van der Waals surface area contributed by atoms with E-state index in [1.807, 2.05) is 35.2 Å². The summed E-state index contributed by atoms with van der Waals surface area (Å²) in [5, 5.41) is 9.12. The number of aromatic nitrogens is 1. The van der Waals surface area contributed by atoms with Gasteiger partial charge in [-0.25, -0.2) is 4.79 Å². The molecule has 1 fully saturated rings. The van der Waals surface area contributed by atoms with Gasteiger partial charge in [-0.15, -0.1) is 0 Å². The number of anilines is 2. The molecule has 2 aliphatic rings. The first kappa shape index (κ1) is 23.1. The van der Waals surface area contributed by atoms with Gasteiger partial charge in [0, 0.05) is 50.2 Å². The smallest absolute Gasteiger partial charge is 0.335 e. The summed E-state index contributed by atoms with van der Waals surface area (Å²) in [6.45, 7) is 8.62. The van der Waals surface area contributed by atoms with E-state index in [4.69, 9.17) is 5.11 Å². The summed E-state index contributed by atoms with van der Waals surface area (Å²) in [6.07, 6.45) is 2.54. The van der Waals surface area contributed by atoms with E-state index in [9.17, 15) is 9.59 Å². The van der Waals surface area contributed by atoms with Crippen LogP contribution in [0.4, 0.5) is 11.4 Å². The van der Waals surface area contributed by atoms with Gasteiger partial charge in [-0.3, -0.25) is 19.6 Å². The number of aromatic carboxylic acids is 1. The van der Waals surface area contributed by atoms with E-state index in [-0.39, 0.29) is 11.9 Å². The van der Waals surface area contributed by atoms with Crippen LogP contribution in [0.2, 0.25) is 0 Å². The molecule has 2 aromatic carbocycles. The van der Waals surface area contributed by atoms with Gasteiger partial charge in [0.2, 0.25) is 0 Å². The lowest BCUT2D eigenvalue weighted by atomic mass is 10.0. The first-order valence-electron chi connectivity index (χ1n) is 12.1. The molecule has 0 spiro atoms. The third-order valence-corrected chi connectivity index (χ3v) is 7.18. The Labute approximate surface area is 205 Å². The quantitative estimate of drug-likeness (QED) is 0.579. The van der Waals surface area contributed by atoms with Gasteiger partial charge in [-0.2, -0.15) is 0 Å². The number of carboxylic acid groups (broad SMARTS) is 1. The summed E-state index contributed by atoms with van der Waals surface area (Å²) in [5.41, 5.74) is 6.12. The van der Waals surface area contributed by atoms with E-state index in [0.717, 1.165) is 67.2 Å². The van der Waals surface area contributed by atoms with E-state index in [0.29, 0.717) is 11.3 Å². The maximum atomic E-state index is 13.4. The summed E-state index contributed by atoms with van der Waals surface area (Å²) in [4.78, 5) is 35.7. The molecule has 0 saturated carbocycles. The minimum Gasteiger partial charge on any atom is -0.478 e. The minimum absolute atomic E-state index is 0.0161. The summed E-state index contributed by atoms with van der Waals surface area (Å²) < 4.78 is 0. The Morgan fingerprint density at radius 3 is 2.31 bits per heavy atom. The maximum absolute atomic E-state index is 13.4. The number of benzene rings is 2. The summed E-state index contributed by atoms with van der Waals surface area (Å²) >= 11 is 0. The molecule has 3 heterocycles. The van der Waals surface area contributed by atoms with Crippen molar-refractivity contribution in [3.05, 3.63) is 88.7 Å². The zero-order chi connectivity index (χ0) is 24.5. The van der Waals surface area contributed by atoms with E-state index in [1.165, 1.54) is 0 Å². The van der Waals surface area contributed by atoms with Crippen molar-refractivity contribution in [1.29, 1.82) is 0 Å². The average molecular weight is 471 g/mol. The average Bonchev–Trinajstić information content (AvgIpc) is 3.14. The van der Waals surface area contributed by atoms with Gasteiger partial charge >= 0.3 is 5.97 Å². The Kier molecular flexibility index (Phi) is 6.26. The highest BCUT2D eigenvalue weighted by atomic mass is 16.4. The molecule has 0 bridgehead atoms. The second-order valence-corrected chi connectivity index (χ2v) is 9.34. The molecule has 1 aromatic heterocycles. The summed E-state index contributed by atoms with van der Waals surface area (Å²) in [6, 6.07) is 17.2. The lowest BCUT2D eigenvalue weighted by Crippen LogP contribution is -2.47. The lowest BCUT2D eigenvalue weighted by Gasteiger charge is -2.37. The van der Waals surface area contributed by atoms with Gasteiger partial charge in [0.15, 0.2) is 0 Å². The number of carbonyl (C=O) groups is 2. The van der Waals surface area contributed by atoms with Crippen molar-refractivity contribution in [3.63, 3.8) is 0 Å². The van der Waals surface area contributed by atoms with E-state index in [1.54, 1.807) is 18.3 Å². The number of para-hydroxylation sites is 1. The predicted octanol–water partition coefficient (Wildman–Crippen LogP) is 4.31. The molecule has 7 nitrogen and oxygen atoms in total. The fraction of sp³-hybridized carbons (Fsp3) is 0.321. The number of aryl methyl sites for hydroxylation is 2. The van der Waals surface area contributed by atoms with Crippen molar-refractivity contribution in [2.45, 2.75) is 26.3 Å². The van der Waals surface area contributed by atoms with E-state index < -0.39 is 5.97 Å². The third-order valence-electron chi connectivity index (χ3n) is 7.18. The second kappa shape index (κ2) is 9.50. The number of carbonyl (C=O) groups excluding carboxylic acids is 1. The maximum Gasteiger partial charge on any atom is 0.335 e. The highest BCUT2D eigenvalue weighted by molar-refractivity contribution is 6.10. The monoisotopic (exact) mass is 470 g/mol. The number of rotatable bonds is 6. The predicted molar refractivity (Wildman–Crippen MR) is 136 cm³/mol. The third kappa shape index (κ3) is 4.39. The Balaban J connectivity index is 1.28. The van der Waals surface area contributed by atoms with Crippen LogP contribution in [0.25, 0.3) is 0 Å². The minimum atomic E-state index is -0.904. The zero-order valence-electron chi connectivity index (χ0n) is 20.1. The molecule has 1 unspecified atom stereocenters. The number of fused-ring (bicyclic) bond motifs is 1. The lowest BCUT2D eigenvalue weighted by molar-refractivity contribution is 0.0696. The molecular weight excluding hydrogens is 440 g/mol. The van der Waals surface area contributed by atoms with E-state index in [2.05, 4.69) is 40.8 Å². The Morgan fingerprint density at radius 2 is 1.66 bits per heavy atom. The molecular formula is C28H30N4O3. The fourth-order valence-corrected chi connectivity index (χ4v) is 5.34. The SMILES string of the molecule is Cc1cccc(C)c1N1C(=O)c2ncccc2C1CCN1CCN(c2ccc(C(=O)O)cc2)CC1. The molecule has 3 aromatic rings. The van der Waals surface area contributed by atoms with E-state index >= 15 is 0 Å². The van der Waals surface area contributed by atoms with Crippen LogP contribution in [-0.2, 0) is 0 Å². The van der Waals surface area contributed by atoms with Crippen molar-refractivity contribution in [2.75, 3.05) is 42.5 Å². The standard InChI is InChI=1S/C28H30N4O3/c1-19-5-3-6-20(2)26(19)32-24(23-7-4-13-29-25(23)27(32)33)12-14-30-15-17-31(18-16-30)22-10-8-21(9-11-22)28(34)35/h3-11,13,24H,12,14-18H2,1-2H3,(H,34,35). The number of pyridine rings is 1. The molecule has 1 atom stereocenters. The number of hydrogen-bond donors (Lipinski definition) is 1. The van der Waals surface area contributed by atoms with Gasteiger partial charge in [-0.1, -0.05) is 24.3 Å². The molecule has 180 valence electrons. The van der Waals surface area contributed by atoms with Crippen LogP contribution >= 0.6 is 0 Å². The fourth-order valence-electron chi connectivity index (χ4n) is 5.34. The largest absolute Gasteiger partial charge is 0.478 e. The van der Waals surface area contributed by atoms with Crippen LogP contribution in [0.15, 0.2) is 60.8 Å². The molecule has 2 aliphatic heterocycles. The summed E-state index contributed by atoms with van der Waals surface area (Å²) in [7, 11) is 0. The van der Waals surface area contributed by atoms with Crippen LogP contribution in [0, 0.1) is 13.8 Å². The number of piperazine rings is 1. The molecule has 1 N–H and O–H groups in total. The van der Waals surface area contributed by atoms with Gasteiger partial charge < -0.3 is 10.0 Å². The second-order valence-electron chi connectivity index (χ2n) is 9.34. The molecule has 35 heavy (non-hydrogen) atoms. The molecule has 1 amide bonds. The van der Waals surface area contributed by atoms with Crippen LogP contribution in [-0.4, -0.2) is 59.6 Å². The van der Waals surface area contributed by atoms with Crippen molar-refractivity contribution in [2.24, 2.45) is 0 Å². The number of hydrogen-bond acceptors (Lipinski definition) is 5. The topological polar surface area (TPSA) is 77.0 Å². The van der Waals surface area contributed by atoms with Gasteiger partial charge in [-0.05, 0) is 61.7 Å². The molecule has 7 heteroatoms. The molecule has 1 saturated heterocycles. The Bertz CT molecular complexity index is 1230. The molecule has 0 aliphatic carbocycles. The number of nitrogens with zero attached hydrogens (tertiary/aromatic N) is 4. The molecule has 5 rings (SSSR count). The van der Waals surface area contributed by atoms with Crippen molar-refractivity contribution >= 4 is 23.3 Å². The number of amides is 1. The summed E-state index contributed by atoms with van der Waals surface area (Å²) in [5.74, 6) is -0.920. The van der Waals surface area contributed by atoms with Crippen LogP contribution in [0.5, 0.6) is 0 Å². The zero-order valence-corrected chi connectivity index (χ0v) is 20.1. The first-order chi connectivity index (χ1) is 16.9. The van der Waals surface area contributed by atoms with Crippen molar-refractivity contribution < 1.29 is 14.7 Å². The molecule has 0 radical (unpaired) electrons. The van der Waals surface area contributed by atoms with Gasteiger partial charge in [0.1, 0.15) is 5.69 Å². The number of carboxylic acids is 1. The Morgan fingerprint density at radius 1 is 0.971 bits per heavy atom. The first-order valence-corrected chi connectivity index (χ1v) is 12.1. The van der Waals surface area contributed by atoms with Crippen molar-refractivity contribution in [1.82, 2.24) is 9.88 Å². The normalized spacial score (nSPS) is 18.1. The highest BCUT2D eigenvalue weighted by Gasteiger charge is 2.39. The van der Waals surface area contributed by atoms with Gasteiger partial charge in [0.05, 0.1) is 17.3 Å². The van der Waals surface area contributed by atoms with Crippen LogP contribution in [0.3, 0.4) is 0 Å².